The largest absolute Gasteiger partial charge is 0.495 e. The van der Waals surface area contributed by atoms with Gasteiger partial charge in [0.1, 0.15) is 11.6 Å². The summed E-state index contributed by atoms with van der Waals surface area (Å²) < 4.78 is 22.9. The number of ether oxygens (including phenoxy) is 1. The summed E-state index contributed by atoms with van der Waals surface area (Å²) >= 11 is 0. The van der Waals surface area contributed by atoms with Gasteiger partial charge in [-0.15, -0.1) is 0 Å². The Balaban J connectivity index is 1.47. The summed E-state index contributed by atoms with van der Waals surface area (Å²) in [6, 6.07) is 12.7. The lowest BCUT2D eigenvalue weighted by molar-refractivity contribution is 0.413. The number of methoxy groups -OCH3 is 1. The number of hydrogen-bond acceptors (Lipinski definition) is 4. The zero-order valence-electron chi connectivity index (χ0n) is 19.0. The number of nitrogens with zero attached hydrogens (tertiary/aromatic N) is 5. The number of imidazole rings is 1. The van der Waals surface area contributed by atoms with Gasteiger partial charge in [0.2, 0.25) is 0 Å². The molecule has 0 spiro atoms. The number of hydrogen-bond donors (Lipinski definition) is 0. The standard InChI is InChI=1S/C26H26FN5O/c1-17-15-31(16-28-17)23-11-6-19(14-24(23)33-3)13-21-5-4-12-32-26(21)29-25(30-32)18(2)20-7-9-22(27)10-8-20/h6-11,13-16,18H,4-5,12H2,1-3H3/t18-/m0/s1. The van der Waals surface area contributed by atoms with Crippen LogP contribution in [0.1, 0.15) is 54.2 Å². The van der Waals surface area contributed by atoms with E-state index in [1.54, 1.807) is 25.6 Å². The summed E-state index contributed by atoms with van der Waals surface area (Å²) in [7, 11) is 1.68. The smallest absolute Gasteiger partial charge is 0.158 e. The fraction of sp³-hybridized carbons (Fsp3) is 0.269. The SMILES string of the molecule is COc1cc(C=C2CCCn3nc([C@@H](C)c4ccc(F)cc4)nc32)ccc1-n1cnc(C)c1. The van der Waals surface area contributed by atoms with E-state index in [4.69, 9.17) is 14.8 Å². The molecular formula is C26H26FN5O. The second-order valence-corrected chi connectivity index (χ2v) is 8.42. The van der Waals surface area contributed by atoms with Crippen molar-refractivity contribution in [3.8, 4) is 11.4 Å². The summed E-state index contributed by atoms with van der Waals surface area (Å²) in [5, 5.41) is 4.77. The third kappa shape index (κ3) is 4.18. The van der Waals surface area contributed by atoms with Crippen molar-refractivity contribution < 1.29 is 9.13 Å². The third-order valence-electron chi connectivity index (χ3n) is 6.08. The molecule has 5 rings (SSSR count). The maximum Gasteiger partial charge on any atom is 0.158 e. The van der Waals surface area contributed by atoms with E-state index in [9.17, 15) is 4.39 Å². The van der Waals surface area contributed by atoms with Crippen molar-refractivity contribution in [3.05, 3.63) is 89.3 Å². The van der Waals surface area contributed by atoms with Gasteiger partial charge in [-0.3, -0.25) is 0 Å². The average Bonchev–Trinajstić information content (AvgIpc) is 3.46. The molecule has 0 saturated carbocycles. The van der Waals surface area contributed by atoms with Gasteiger partial charge in [-0.25, -0.2) is 19.0 Å². The van der Waals surface area contributed by atoms with Crippen molar-refractivity contribution in [2.75, 3.05) is 7.11 Å². The lowest BCUT2D eigenvalue weighted by Crippen LogP contribution is -2.11. The number of benzene rings is 2. The highest BCUT2D eigenvalue weighted by atomic mass is 19.1. The van der Waals surface area contributed by atoms with Gasteiger partial charge in [0.25, 0.3) is 0 Å². The average molecular weight is 444 g/mol. The Bertz CT molecular complexity index is 1320. The minimum atomic E-state index is -0.238. The van der Waals surface area contributed by atoms with E-state index >= 15 is 0 Å². The number of halogens is 1. The molecule has 1 atom stereocenters. The number of rotatable bonds is 5. The van der Waals surface area contributed by atoms with Crippen LogP contribution in [0, 0.1) is 12.7 Å². The minimum absolute atomic E-state index is 0.0111. The van der Waals surface area contributed by atoms with Crippen LogP contribution in [0.2, 0.25) is 0 Å². The van der Waals surface area contributed by atoms with E-state index in [0.717, 1.165) is 64.9 Å². The topological polar surface area (TPSA) is 57.8 Å². The Morgan fingerprint density at radius 3 is 2.70 bits per heavy atom. The Morgan fingerprint density at radius 1 is 1.15 bits per heavy atom. The highest BCUT2D eigenvalue weighted by Gasteiger charge is 2.22. The first-order chi connectivity index (χ1) is 16.0. The van der Waals surface area contributed by atoms with Crippen molar-refractivity contribution >= 4 is 11.6 Å². The Morgan fingerprint density at radius 2 is 1.97 bits per heavy atom. The van der Waals surface area contributed by atoms with Crippen molar-refractivity contribution in [3.63, 3.8) is 0 Å². The highest BCUT2D eigenvalue weighted by Crippen LogP contribution is 2.32. The van der Waals surface area contributed by atoms with Crippen LogP contribution in [-0.2, 0) is 6.54 Å². The van der Waals surface area contributed by atoms with Gasteiger partial charge in [-0.2, -0.15) is 5.10 Å². The van der Waals surface area contributed by atoms with Crippen LogP contribution in [0.25, 0.3) is 17.3 Å². The van der Waals surface area contributed by atoms with Crippen LogP contribution in [0.5, 0.6) is 5.75 Å². The van der Waals surface area contributed by atoms with Gasteiger partial charge >= 0.3 is 0 Å². The lowest BCUT2D eigenvalue weighted by Gasteiger charge is -2.16. The molecule has 2 aromatic carbocycles. The molecular weight excluding hydrogens is 417 g/mol. The number of aromatic nitrogens is 5. The summed E-state index contributed by atoms with van der Waals surface area (Å²) in [5.74, 6) is 2.19. The second kappa shape index (κ2) is 8.65. The molecule has 0 unspecified atom stereocenters. The summed E-state index contributed by atoms with van der Waals surface area (Å²) in [6.45, 7) is 4.86. The molecule has 0 fully saturated rings. The zero-order chi connectivity index (χ0) is 22.9. The van der Waals surface area contributed by atoms with Crippen LogP contribution < -0.4 is 4.74 Å². The highest BCUT2D eigenvalue weighted by molar-refractivity contribution is 5.80. The summed E-state index contributed by atoms with van der Waals surface area (Å²) in [4.78, 5) is 9.19. The van der Waals surface area contributed by atoms with Crippen LogP contribution in [0.4, 0.5) is 4.39 Å². The van der Waals surface area contributed by atoms with Crippen molar-refractivity contribution in [1.29, 1.82) is 0 Å². The van der Waals surface area contributed by atoms with Crippen molar-refractivity contribution in [2.45, 2.75) is 39.2 Å². The first kappa shape index (κ1) is 21.1. The Hall–Kier alpha value is -3.74. The molecule has 1 aliphatic rings. The van der Waals surface area contributed by atoms with Crippen molar-refractivity contribution in [1.82, 2.24) is 24.3 Å². The van der Waals surface area contributed by atoms with E-state index in [-0.39, 0.29) is 11.7 Å². The number of allylic oxidation sites excluding steroid dienone is 1. The monoisotopic (exact) mass is 443 g/mol. The maximum atomic E-state index is 13.3. The Labute approximate surface area is 192 Å². The van der Waals surface area contributed by atoms with Gasteiger partial charge in [-0.1, -0.05) is 25.1 Å². The van der Waals surface area contributed by atoms with Gasteiger partial charge in [0.15, 0.2) is 11.6 Å². The molecule has 0 aliphatic carbocycles. The van der Waals surface area contributed by atoms with Gasteiger partial charge in [0.05, 0.1) is 24.8 Å². The molecule has 4 aromatic rings. The van der Waals surface area contributed by atoms with E-state index < -0.39 is 0 Å². The quantitative estimate of drug-likeness (QED) is 0.414. The molecule has 0 amide bonds. The van der Waals surface area contributed by atoms with E-state index in [1.807, 2.05) is 34.5 Å². The van der Waals surface area contributed by atoms with E-state index in [2.05, 4.69) is 24.1 Å². The zero-order valence-corrected chi connectivity index (χ0v) is 19.0. The number of aryl methyl sites for hydroxylation is 2. The fourth-order valence-electron chi connectivity index (χ4n) is 4.26. The second-order valence-electron chi connectivity index (χ2n) is 8.42. The van der Waals surface area contributed by atoms with Gasteiger partial charge in [0, 0.05) is 18.7 Å². The van der Waals surface area contributed by atoms with E-state index in [1.165, 1.54) is 12.1 Å². The predicted octanol–water partition coefficient (Wildman–Crippen LogP) is 5.41. The first-order valence-electron chi connectivity index (χ1n) is 11.1. The molecule has 0 N–H and O–H groups in total. The van der Waals surface area contributed by atoms with E-state index in [0.29, 0.717) is 0 Å². The van der Waals surface area contributed by atoms with Crippen LogP contribution >= 0.6 is 0 Å². The molecule has 168 valence electrons. The fourth-order valence-corrected chi connectivity index (χ4v) is 4.26. The van der Waals surface area contributed by atoms with Crippen LogP contribution in [0.15, 0.2) is 55.0 Å². The van der Waals surface area contributed by atoms with Crippen molar-refractivity contribution in [2.24, 2.45) is 0 Å². The molecule has 3 heterocycles. The molecule has 6 nitrogen and oxygen atoms in total. The predicted molar refractivity (Wildman–Crippen MR) is 126 cm³/mol. The molecule has 0 radical (unpaired) electrons. The molecule has 7 heteroatoms. The summed E-state index contributed by atoms with van der Waals surface area (Å²) in [5.41, 5.74) is 5.10. The van der Waals surface area contributed by atoms with Gasteiger partial charge < -0.3 is 9.30 Å². The molecule has 0 bridgehead atoms. The Kier molecular flexibility index (Phi) is 5.54. The van der Waals surface area contributed by atoms with Crippen LogP contribution in [-0.4, -0.2) is 31.4 Å². The first-order valence-corrected chi connectivity index (χ1v) is 11.1. The van der Waals surface area contributed by atoms with Gasteiger partial charge in [-0.05, 0) is 66.8 Å². The normalized spacial score (nSPS) is 15.5. The molecule has 0 saturated heterocycles. The number of fused-ring (bicyclic) bond motifs is 1. The molecule has 33 heavy (non-hydrogen) atoms. The molecule has 1 aliphatic heterocycles. The lowest BCUT2D eigenvalue weighted by atomic mass is 10.0. The molecule has 2 aromatic heterocycles. The summed E-state index contributed by atoms with van der Waals surface area (Å²) in [6.07, 6.45) is 7.88. The van der Waals surface area contributed by atoms with Crippen LogP contribution in [0.3, 0.4) is 0 Å². The third-order valence-corrected chi connectivity index (χ3v) is 6.08. The maximum absolute atomic E-state index is 13.3. The minimum Gasteiger partial charge on any atom is -0.495 e.